The highest BCUT2D eigenvalue weighted by Gasteiger charge is 2.06. The molecule has 1 unspecified atom stereocenters. The topological polar surface area (TPSA) is 41.5 Å². The van der Waals surface area contributed by atoms with Crippen molar-refractivity contribution in [3.8, 4) is 5.75 Å². The average molecular weight is 223 g/mol. The highest BCUT2D eigenvalue weighted by molar-refractivity contribution is 5.28. The highest BCUT2D eigenvalue weighted by atomic mass is 16.5. The summed E-state index contributed by atoms with van der Waals surface area (Å²) >= 11 is 0. The first kappa shape index (κ1) is 13.0. The molecule has 0 saturated heterocycles. The SMILES string of the molecule is COc1ccc([C@@H](C)NCC(C)CO)cc1. The fourth-order valence-corrected chi connectivity index (χ4v) is 1.45. The van der Waals surface area contributed by atoms with Crippen LogP contribution in [0.15, 0.2) is 24.3 Å². The van der Waals surface area contributed by atoms with Gasteiger partial charge < -0.3 is 15.2 Å². The number of nitrogens with one attached hydrogen (secondary N) is 1. The zero-order chi connectivity index (χ0) is 12.0. The molecule has 90 valence electrons. The third-order valence-electron chi connectivity index (χ3n) is 2.70. The molecule has 1 rings (SSSR count). The van der Waals surface area contributed by atoms with Gasteiger partial charge >= 0.3 is 0 Å². The molecule has 3 nitrogen and oxygen atoms in total. The summed E-state index contributed by atoms with van der Waals surface area (Å²) in [7, 11) is 1.67. The van der Waals surface area contributed by atoms with E-state index in [-0.39, 0.29) is 6.61 Å². The van der Waals surface area contributed by atoms with Crippen molar-refractivity contribution >= 4 is 0 Å². The fourth-order valence-electron chi connectivity index (χ4n) is 1.45. The molecule has 0 aliphatic heterocycles. The van der Waals surface area contributed by atoms with Crippen LogP contribution < -0.4 is 10.1 Å². The van der Waals surface area contributed by atoms with Crippen LogP contribution in [0.2, 0.25) is 0 Å². The van der Waals surface area contributed by atoms with Crippen LogP contribution in [0.25, 0.3) is 0 Å². The van der Waals surface area contributed by atoms with E-state index in [2.05, 4.69) is 24.4 Å². The van der Waals surface area contributed by atoms with Crippen molar-refractivity contribution in [2.24, 2.45) is 5.92 Å². The van der Waals surface area contributed by atoms with Gasteiger partial charge in [-0.15, -0.1) is 0 Å². The van der Waals surface area contributed by atoms with Gasteiger partial charge in [0.2, 0.25) is 0 Å². The minimum absolute atomic E-state index is 0.225. The van der Waals surface area contributed by atoms with Crippen LogP contribution in [-0.2, 0) is 0 Å². The van der Waals surface area contributed by atoms with E-state index in [0.717, 1.165) is 12.3 Å². The summed E-state index contributed by atoms with van der Waals surface area (Å²) in [5, 5.41) is 12.3. The van der Waals surface area contributed by atoms with E-state index in [9.17, 15) is 0 Å². The largest absolute Gasteiger partial charge is 0.497 e. The van der Waals surface area contributed by atoms with Crippen molar-refractivity contribution in [2.45, 2.75) is 19.9 Å². The summed E-state index contributed by atoms with van der Waals surface area (Å²) in [4.78, 5) is 0. The molecule has 0 radical (unpaired) electrons. The van der Waals surface area contributed by atoms with Crippen LogP contribution in [0.1, 0.15) is 25.5 Å². The summed E-state index contributed by atoms with van der Waals surface area (Å²) in [6.07, 6.45) is 0. The van der Waals surface area contributed by atoms with Crippen LogP contribution in [0.3, 0.4) is 0 Å². The minimum Gasteiger partial charge on any atom is -0.497 e. The molecule has 0 amide bonds. The van der Waals surface area contributed by atoms with Gasteiger partial charge in [0, 0.05) is 19.2 Å². The molecule has 0 aliphatic rings. The van der Waals surface area contributed by atoms with E-state index in [1.165, 1.54) is 5.56 Å². The van der Waals surface area contributed by atoms with Gasteiger partial charge in [-0.1, -0.05) is 19.1 Å². The Morgan fingerprint density at radius 2 is 1.88 bits per heavy atom. The summed E-state index contributed by atoms with van der Waals surface area (Å²) in [5.74, 6) is 1.17. The standard InChI is InChI=1S/C13H21NO2/c1-10(9-15)8-14-11(2)12-4-6-13(16-3)7-5-12/h4-7,10-11,14-15H,8-9H2,1-3H3/t10?,11-/m1/s1. The first-order valence-corrected chi connectivity index (χ1v) is 5.65. The molecule has 1 aromatic carbocycles. The molecule has 0 fully saturated rings. The van der Waals surface area contributed by atoms with Crippen molar-refractivity contribution in [3.05, 3.63) is 29.8 Å². The van der Waals surface area contributed by atoms with Gasteiger partial charge in [0.15, 0.2) is 0 Å². The maximum atomic E-state index is 8.93. The quantitative estimate of drug-likeness (QED) is 0.774. The summed E-state index contributed by atoms with van der Waals surface area (Å²) in [6, 6.07) is 8.33. The fraction of sp³-hybridized carbons (Fsp3) is 0.538. The monoisotopic (exact) mass is 223 g/mol. The normalized spacial score (nSPS) is 14.5. The van der Waals surface area contributed by atoms with Gasteiger partial charge in [-0.05, 0) is 30.5 Å². The van der Waals surface area contributed by atoms with Gasteiger partial charge in [-0.25, -0.2) is 0 Å². The molecular weight excluding hydrogens is 202 g/mol. The Kier molecular flexibility index (Phi) is 5.29. The van der Waals surface area contributed by atoms with Gasteiger partial charge in [0.25, 0.3) is 0 Å². The minimum atomic E-state index is 0.225. The third kappa shape index (κ3) is 3.83. The van der Waals surface area contributed by atoms with E-state index in [1.54, 1.807) is 7.11 Å². The lowest BCUT2D eigenvalue weighted by Crippen LogP contribution is -2.26. The molecule has 0 heterocycles. The molecule has 16 heavy (non-hydrogen) atoms. The number of ether oxygens (including phenoxy) is 1. The molecule has 1 aromatic rings. The van der Waals surface area contributed by atoms with Crippen molar-refractivity contribution in [1.82, 2.24) is 5.32 Å². The maximum absolute atomic E-state index is 8.93. The predicted octanol–water partition coefficient (Wildman–Crippen LogP) is 1.97. The number of hydrogen-bond donors (Lipinski definition) is 2. The van der Waals surface area contributed by atoms with E-state index in [1.807, 2.05) is 19.1 Å². The number of hydrogen-bond acceptors (Lipinski definition) is 3. The van der Waals surface area contributed by atoms with Crippen LogP contribution in [-0.4, -0.2) is 25.4 Å². The van der Waals surface area contributed by atoms with E-state index in [4.69, 9.17) is 9.84 Å². The average Bonchev–Trinajstić information content (AvgIpc) is 2.35. The lowest BCUT2D eigenvalue weighted by atomic mass is 10.1. The number of aliphatic hydroxyl groups excluding tert-OH is 1. The number of benzene rings is 1. The maximum Gasteiger partial charge on any atom is 0.118 e. The zero-order valence-electron chi connectivity index (χ0n) is 10.2. The van der Waals surface area contributed by atoms with Crippen molar-refractivity contribution < 1.29 is 9.84 Å². The van der Waals surface area contributed by atoms with Crippen molar-refractivity contribution in [3.63, 3.8) is 0 Å². The number of rotatable bonds is 6. The Balaban J connectivity index is 2.49. The molecule has 2 N–H and O–H groups in total. The molecule has 0 bridgehead atoms. The first-order chi connectivity index (χ1) is 7.67. The zero-order valence-corrected chi connectivity index (χ0v) is 10.2. The Hall–Kier alpha value is -1.06. The second-order valence-electron chi connectivity index (χ2n) is 4.19. The summed E-state index contributed by atoms with van der Waals surface area (Å²) < 4.78 is 5.11. The van der Waals surface area contributed by atoms with Gasteiger partial charge in [-0.3, -0.25) is 0 Å². The Labute approximate surface area is 97.4 Å². The molecule has 3 heteroatoms. The summed E-state index contributed by atoms with van der Waals surface area (Å²) in [5.41, 5.74) is 1.23. The molecule has 2 atom stereocenters. The van der Waals surface area contributed by atoms with E-state index < -0.39 is 0 Å². The lowest BCUT2D eigenvalue weighted by Gasteiger charge is -2.17. The Morgan fingerprint density at radius 1 is 1.25 bits per heavy atom. The molecule has 0 aromatic heterocycles. The van der Waals surface area contributed by atoms with Crippen LogP contribution in [0.5, 0.6) is 5.75 Å². The third-order valence-corrected chi connectivity index (χ3v) is 2.70. The van der Waals surface area contributed by atoms with Crippen molar-refractivity contribution in [1.29, 1.82) is 0 Å². The molecule has 0 aliphatic carbocycles. The van der Waals surface area contributed by atoms with Crippen LogP contribution in [0.4, 0.5) is 0 Å². The summed E-state index contributed by atoms with van der Waals surface area (Å²) in [6.45, 7) is 5.19. The predicted molar refractivity (Wildman–Crippen MR) is 65.7 cm³/mol. The van der Waals surface area contributed by atoms with E-state index >= 15 is 0 Å². The van der Waals surface area contributed by atoms with Gasteiger partial charge in [-0.2, -0.15) is 0 Å². The second kappa shape index (κ2) is 6.51. The Bertz CT molecular complexity index is 297. The molecular formula is C13H21NO2. The number of methoxy groups -OCH3 is 1. The van der Waals surface area contributed by atoms with Crippen LogP contribution in [0, 0.1) is 5.92 Å². The van der Waals surface area contributed by atoms with Crippen molar-refractivity contribution in [2.75, 3.05) is 20.3 Å². The molecule has 0 saturated carbocycles. The smallest absolute Gasteiger partial charge is 0.118 e. The van der Waals surface area contributed by atoms with Gasteiger partial charge in [0.05, 0.1) is 7.11 Å². The van der Waals surface area contributed by atoms with E-state index in [0.29, 0.717) is 12.0 Å². The first-order valence-electron chi connectivity index (χ1n) is 5.65. The Morgan fingerprint density at radius 3 is 2.38 bits per heavy atom. The highest BCUT2D eigenvalue weighted by Crippen LogP contribution is 2.17. The lowest BCUT2D eigenvalue weighted by molar-refractivity contribution is 0.231. The van der Waals surface area contributed by atoms with Gasteiger partial charge in [0.1, 0.15) is 5.75 Å². The van der Waals surface area contributed by atoms with Crippen LogP contribution >= 0.6 is 0 Å². The second-order valence-corrected chi connectivity index (χ2v) is 4.19. The molecule has 0 spiro atoms. The number of aliphatic hydroxyl groups is 1.